The molecule has 18 heavy (non-hydrogen) atoms. The Morgan fingerprint density at radius 1 is 1.33 bits per heavy atom. The highest BCUT2D eigenvalue weighted by molar-refractivity contribution is 5.82. The van der Waals surface area contributed by atoms with Crippen LogP contribution in [0.3, 0.4) is 0 Å². The van der Waals surface area contributed by atoms with Crippen molar-refractivity contribution in [3.63, 3.8) is 0 Å². The minimum absolute atomic E-state index is 0.291. The summed E-state index contributed by atoms with van der Waals surface area (Å²) in [6.45, 7) is 2.91. The second kappa shape index (κ2) is 4.30. The van der Waals surface area contributed by atoms with Crippen LogP contribution in [-0.4, -0.2) is 16.8 Å². The van der Waals surface area contributed by atoms with Crippen LogP contribution < -0.4 is 5.73 Å². The average molecular weight is 244 g/mol. The summed E-state index contributed by atoms with van der Waals surface area (Å²) >= 11 is 0. The molecule has 0 spiro atoms. The van der Waals surface area contributed by atoms with Gasteiger partial charge in [-0.3, -0.25) is 4.79 Å². The molecule has 2 aliphatic rings. The fraction of sp³-hybridized carbons (Fsp3) is 0.533. The zero-order valence-corrected chi connectivity index (χ0v) is 10.8. The van der Waals surface area contributed by atoms with Gasteiger partial charge in [0.25, 0.3) is 0 Å². The Morgan fingerprint density at radius 2 is 1.94 bits per heavy atom. The molecule has 1 aromatic rings. The maximum Gasteiger partial charge on any atom is 0.226 e. The molecule has 3 nitrogen and oxygen atoms in total. The van der Waals surface area contributed by atoms with Crippen LogP contribution in [0.25, 0.3) is 0 Å². The first kappa shape index (κ1) is 11.6. The molecule has 1 aromatic carbocycles. The van der Waals surface area contributed by atoms with Crippen LogP contribution in [0.4, 0.5) is 5.69 Å². The first-order chi connectivity index (χ1) is 8.65. The molecule has 3 heteroatoms. The molecule has 0 saturated heterocycles. The summed E-state index contributed by atoms with van der Waals surface area (Å²) in [7, 11) is 0. The van der Waals surface area contributed by atoms with E-state index in [1.165, 1.54) is 18.4 Å². The third kappa shape index (κ3) is 2.35. The number of nitrogens with zero attached hydrogens (tertiary/aromatic N) is 1. The number of rotatable bonds is 4. The number of carbonyl (C=O) groups excluding carboxylic acids is 1. The maximum atomic E-state index is 12.4. The summed E-state index contributed by atoms with van der Waals surface area (Å²) in [5, 5.41) is 0. The summed E-state index contributed by atoms with van der Waals surface area (Å²) in [5.74, 6) is 1.24. The Hall–Kier alpha value is -1.51. The lowest BCUT2D eigenvalue weighted by molar-refractivity contribution is -0.134. The molecule has 0 aliphatic heterocycles. The molecule has 2 aliphatic carbocycles. The number of anilines is 1. The smallest absolute Gasteiger partial charge is 0.226 e. The van der Waals surface area contributed by atoms with E-state index in [1.807, 2.05) is 24.3 Å². The van der Waals surface area contributed by atoms with E-state index < -0.39 is 0 Å². The first-order valence-electron chi connectivity index (χ1n) is 6.80. The molecule has 2 saturated carbocycles. The number of amides is 1. The van der Waals surface area contributed by atoms with E-state index >= 15 is 0 Å². The molecule has 1 amide bonds. The SMILES string of the molecule is CC1CC1C(=O)N(Cc1ccc(N)cc1)C1CC1. The van der Waals surface area contributed by atoms with Crippen molar-refractivity contribution < 1.29 is 4.79 Å². The van der Waals surface area contributed by atoms with E-state index in [0.717, 1.165) is 18.7 Å². The largest absolute Gasteiger partial charge is 0.399 e. The molecule has 0 bridgehead atoms. The van der Waals surface area contributed by atoms with Crippen molar-refractivity contribution in [3.05, 3.63) is 29.8 Å². The fourth-order valence-corrected chi connectivity index (χ4v) is 2.47. The summed E-state index contributed by atoms with van der Waals surface area (Å²) in [6, 6.07) is 8.35. The van der Waals surface area contributed by atoms with Gasteiger partial charge in [0.15, 0.2) is 0 Å². The van der Waals surface area contributed by atoms with Gasteiger partial charge in [0.1, 0.15) is 0 Å². The predicted molar refractivity (Wildman–Crippen MR) is 71.7 cm³/mol. The van der Waals surface area contributed by atoms with Crippen molar-refractivity contribution in [1.29, 1.82) is 0 Å². The first-order valence-corrected chi connectivity index (χ1v) is 6.80. The molecule has 0 heterocycles. The summed E-state index contributed by atoms with van der Waals surface area (Å²) < 4.78 is 0. The average Bonchev–Trinajstić information content (AvgIpc) is 3.23. The van der Waals surface area contributed by atoms with E-state index in [0.29, 0.717) is 23.8 Å². The van der Waals surface area contributed by atoms with Gasteiger partial charge in [-0.2, -0.15) is 0 Å². The fourth-order valence-electron chi connectivity index (χ4n) is 2.47. The maximum absolute atomic E-state index is 12.4. The third-order valence-electron chi connectivity index (χ3n) is 4.03. The lowest BCUT2D eigenvalue weighted by Crippen LogP contribution is -2.34. The van der Waals surface area contributed by atoms with Crippen molar-refractivity contribution >= 4 is 11.6 Å². The second-order valence-corrected chi connectivity index (χ2v) is 5.76. The molecule has 0 radical (unpaired) electrons. The number of nitrogen functional groups attached to an aromatic ring is 1. The highest BCUT2D eigenvalue weighted by atomic mass is 16.2. The Morgan fingerprint density at radius 3 is 2.44 bits per heavy atom. The van der Waals surface area contributed by atoms with Crippen molar-refractivity contribution in [1.82, 2.24) is 4.90 Å². The summed E-state index contributed by atoms with van der Waals surface area (Å²) in [6.07, 6.45) is 3.41. The van der Waals surface area contributed by atoms with Crippen LogP contribution in [0.2, 0.25) is 0 Å². The Labute approximate surface area is 108 Å². The van der Waals surface area contributed by atoms with Crippen LogP contribution in [0.1, 0.15) is 31.7 Å². The summed E-state index contributed by atoms with van der Waals surface area (Å²) in [4.78, 5) is 14.5. The predicted octanol–water partition coefficient (Wildman–Crippen LogP) is 2.42. The van der Waals surface area contributed by atoms with Gasteiger partial charge in [-0.1, -0.05) is 19.1 Å². The Bertz CT molecular complexity index is 450. The minimum atomic E-state index is 0.291. The van der Waals surface area contributed by atoms with Gasteiger partial charge < -0.3 is 10.6 Å². The third-order valence-corrected chi connectivity index (χ3v) is 4.03. The Balaban J connectivity index is 1.70. The number of benzene rings is 1. The molecule has 2 N–H and O–H groups in total. The van der Waals surface area contributed by atoms with Gasteiger partial charge in [-0.15, -0.1) is 0 Å². The highest BCUT2D eigenvalue weighted by Crippen LogP contribution is 2.42. The van der Waals surface area contributed by atoms with Crippen molar-refractivity contribution in [2.75, 3.05) is 5.73 Å². The highest BCUT2D eigenvalue weighted by Gasteiger charge is 2.44. The molecular weight excluding hydrogens is 224 g/mol. The van der Waals surface area contributed by atoms with Gasteiger partial charge in [0, 0.05) is 24.2 Å². The van der Waals surface area contributed by atoms with E-state index in [2.05, 4.69) is 11.8 Å². The minimum Gasteiger partial charge on any atom is -0.399 e. The summed E-state index contributed by atoms with van der Waals surface area (Å²) in [5.41, 5.74) is 7.64. The molecule has 96 valence electrons. The molecule has 2 unspecified atom stereocenters. The van der Waals surface area contributed by atoms with E-state index in [1.54, 1.807) is 0 Å². The van der Waals surface area contributed by atoms with Crippen LogP contribution in [0, 0.1) is 11.8 Å². The monoisotopic (exact) mass is 244 g/mol. The zero-order valence-electron chi connectivity index (χ0n) is 10.8. The van der Waals surface area contributed by atoms with Gasteiger partial charge >= 0.3 is 0 Å². The lowest BCUT2D eigenvalue weighted by Gasteiger charge is -2.23. The van der Waals surface area contributed by atoms with Crippen LogP contribution in [-0.2, 0) is 11.3 Å². The van der Waals surface area contributed by atoms with Gasteiger partial charge in [0.2, 0.25) is 5.91 Å². The number of nitrogens with two attached hydrogens (primary N) is 1. The molecular formula is C15H20N2O. The molecule has 3 rings (SSSR count). The normalized spacial score (nSPS) is 25.8. The van der Waals surface area contributed by atoms with Crippen LogP contribution in [0.15, 0.2) is 24.3 Å². The topological polar surface area (TPSA) is 46.3 Å². The second-order valence-electron chi connectivity index (χ2n) is 5.76. The quantitative estimate of drug-likeness (QED) is 0.827. The van der Waals surface area contributed by atoms with E-state index in [-0.39, 0.29) is 0 Å². The molecule has 0 aromatic heterocycles. The van der Waals surface area contributed by atoms with Gasteiger partial charge in [-0.25, -0.2) is 0 Å². The van der Waals surface area contributed by atoms with E-state index in [9.17, 15) is 4.79 Å². The molecule has 2 fully saturated rings. The van der Waals surface area contributed by atoms with Crippen molar-refractivity contribution in [2.24, 2.45) is 11.8 Å². The number of hydrogen-bond acceptors (Lipinski definition) is 2. The van der Waals surface area contributed by atoms with Gasteiger partial charge in [0.05, 0.1) is 0 Å². The molecule has 2 atom stereocenters. The van der Waals surface area contributed by atoms with Crippen LogP contribution >= 0.6 is 0 Å². The number of hydrogen-bond donors (Lipinski definition) is 1. The zero-order chi connectivity index (χ0) is 12.7. The Kier molecular flexibility index (Phi) is 2.77. The standard InChI is InChI=1S/C15H20N2O/c1-10-8-14(10)15(18)17(13-6-7-13)9-11-2-4-12(16)5-3-11/h2-5,10,13-14H,6-9,16H2,1H3. The number of carbonyl (C=O) groups is 1. The van der Waals surface area contributed by atoms with E-state index in [4.69, 9.17) is 5.73 Å². The lowest BCUT2D eigenvalue weighted by atomic mass is 10.1. The van der Waals surface area contributed by atoms with Crippen molar-refractivity contribution in [3.8, 4) is 0 Å². The van der Waals surface area contributed by atoms with Gasteiger partial charge in [-0.05, 0) is 42.9 Å². The van der Waals surface area contributed by atoms with Crippen LogP contribution in [0.5, 0.6) is 0 Å². The van der Waals surface area contributed by atoms with Crippen molar-refractivity contribution in [2.45, 2.75) is 38.8 Å².